The van der Waals surface area contributed by atoms with Crippen LogP contribution >= 0.6 is 15.9 Å². The van der Waals surface area contributed by atoms with E-state index in [1.807, 2.05) is 31.7 Å². The number of nitrogens with zero attached hydrogens (tertiary/aromatic N) is 1. The summed E-state index contributed by atoms with van der Waals surface area (Å²) in [6.07, 6.45) is 0.802. The smallest absolute Gasteiger partial charge is 0.239 e. The molecule has 1 amide bonds. The number of nitrogens with one attached hydrogen (secondary N) is 1. The summed E-state index contributed by atoms with van der Waals surface area (Å²) in [6, 6.07) is 5.48. The summed E-state index contributed by atoms with van der Waals surface area (Å²) in [5.74, 6) is -0.0109. The van der Waals surface area contributed by atoms with Gasteiger partial charge in [0.25, 0.3) is 0 Å². The minimum atomic E-state index is -0.0109. The number of aldehydes is 1. The summed E-state index contributed by atoms with van der Waals surface area (Å²) >= 11 is 3.44. The van der Waals surface area contributed by atoms with Gasteiger partial charge >= 0.3 is 0 Å². The van der Waals surface area contributed by atoms with Crippen LogP contribution in [-0.2, 0) is 4.79 Å². The molecule has 1 rings (SSSR count). The van der Waals surface area contributed by atoms with Gasteiger partial charge in [0.05, 0.1) is 12.2 Å². The predicted octanol–water partition coefficient (Wildman–Crippen LogP) is 2.61. The van der Waals surface area contributed by atoms with E-state index < -0.39 is 0 Å². The highest BCUT2D eigenvalue weighted by Crippen LogP contribution is 2.26. The van der Waals surface area contributed by atoms with Gasteiger partial charge in [0.2, 0.25) is 5.91 Å². The average Bonchev–Trinajstić information content (AvgIpc) is 2.35. The fourth-order valence-electron chi connectivity index (χ4n) is 1.76. The van der Waals surface area contributed by atoms with Crippen LogP contribution in [0.4, 0.5) is 5.69 Å². The van der Waals surface area contributed by atoms with Crippen molar-refractivity contribution in [2.75, 3.05) is 18.0 Å². The van der Waals surface area contributed by atoms with Gasteiger partial charge in [0.1, 0.15) is 6.29 Å². The Morgan fingerprint density at radius 3 is 2.63 bits per heavy atom. The van der Waals surface area contributed by atoms with Gasteiger partial charge in [-0.3, -0.25) is 9.59 Å². The zero-order valence-corrected chi connectivity index (χ0v) is 13.0. The minimum absolute atomic E-state index is 0.0109. The van der Waals surface area contributed by atoms with Crippen LogP contribution in [0.15, 0.2) is 22.7 Å². The summed E-state index contributed by atoms with van der Waals surface area (Å²) in [7, 11) is 0. The van der Waals surface area contributed by atoms with Crippen molar-refractivity contribution in [1.29, 1.82) is 0 Å². The number of hydrogen-bond donors (Lipinski definition) is 1. The number of anilines is 1. The van der Waals surface area contributed by atoms with Crippen LogP contribution in [0.5, 0.6) is 0 Å². The Bertz CT molecular complexity index is 461. The maximum atomic E-state index is 11.8. The first-order valence-corrected chi connectivity index (χ1v) is 7.06. The summed E-state index contributed by atoms with van der Waals surface area (Å²) in [6.45, 7) is 6.87. The Hall–Kier alpha value is -1.36. The molecule has 0 saturated heterocycles. The van der Waals surface area contributed by atoms with Gasteiger partial charge < -0.3 is 10.2 Å². The van der Waals surface area contributed by atoms with Crippen LogP contribution in [0.25, 0.3) is 0 Å². The molecule has 0 aromatic heterocycles. The molecule has 0 spiro atoms. The largest absolute Gasteiger partial charge is 0.362 e. The first kappa shape index (κ1) is 15.7. The molecule has 1 aromatic rings. The highest BCUT2D eigenvalue weighted by atomic mass is 79.9. The van der Waals surface area contributed by atoms with E-state index in [0.717, 1.165) is 16.4 Å². The van der Waals surface area contributed by atoms with Crippen molar-refractivity contribution in [3.8, 4) is 0 Å². The summed E-state index contributed by atoms with van der Waals surface area (Å²) in [5.41, 5.74) is 1.52. The van der Waals surface area contributed by atoms with Gasteiger partial charge in [0.15, 0.2) is 0 Å². The van der Waals surface area contributed by atoms with Crippen molar-refractivity contribution in [2.24, 2.45) is 0 Å². The van der Waals surface area contributed by atoms with Crippen LogP contribution in [0.1, 0.15) is 31.1 Å². The van der Waals surface area contributed by atoms with E-state index in [9.17, 15) is 9.59 Å². The number of likely N-dealkylation sites (N-methyl/N-ethyl adjacent to an activating group) is 1. The molecule has 0 bridgehead atoms. The second-order valence-electron chi connectivity index (χ2n) is 4.57. The molecule has 0 aliphatic carbocycles. The number of carbonyl (C=O) groups excluding carboxylic acids is 2. The van der Waals surface area contributed by atoms with E-state index in [4.69, 9.17) is 0 Å². The Kier molecular flexibility index (Phi) is 6.02. The summed E-state index contributed by atoms with van der Waals surface area (Å²) in [4.78, 5) is 24.5. The SMILES string of the molecule is CCN(CC(=O)NC(C)C)c1ccc(C=O)cc1Br. The number of halogens is 1. The molecule has 4 nitrogen and oxygen atoms in total. The molecule has 0 fully saturated rings. The van der Waals surface area contributed by atoms with E-state index in [1.165, 1.54) is 0 Å². The third-order valence-corrected chi connectivity index (χ3v) is 3.25. The van der Waals surface area contributed by atoms with Crippen molar-refractivity contribution in [3.63, 3.8) is 0 Å². The number of rotatable bonds is 6. The molecule has 0 heterocycles. The minimum Gasteiger partial charge on any atom is -0.362 e. The van der Waals surface area contributed by atoms with Crippen molar-refractivity contribution >= 4 is 33.8 Å². The molecule has 19 heavy (non-hydrogen) atoms. The molecule has 1 aromatic carbocycles. The number of carbonyl (C=O) groups is 2. The van der Waals surface area contributed by atoms with E-state index in [1.54, 1.807) is 12.1 Å². The molecule has 0 saturated carbocycles. The molecule has 0 aliphatic rings. The highest BCUT2D eigenvalue weighted by Gasteiger charge is 2.13. The molecule has 0 radical (unpaired) electrons. The zero-order valence-electron chi connectivity index (χ0n) is 11.4. The van der Waals surface area contributed by atoms with E-state index in [-0.39, 0.29) is 11.9 Å². The Labute approximate surface area is 122 Å². The fraction of sp³-hybridized carbons (Fsp3) is 0.429. The Morgan fingerprint density at radius 2 is 2.16 bits per heavy atom. The van der Waals surface area contributed by atoms with Gasteiger partial charge in [0, 0.05) is 22.6 Å². The number of hydrogen-bond acceptors (Lipinski definition) is 3. The monoisotopic (exact) mass is 326 g/mol. The lowest BCUT2D eigenvalue weighted by Crippen LogP contribution is -2.40. The van der Waals surface area contributed by atoms with Gasteiger partial charge in [-0.2, -0.15) is 0 Å². The lowest BCUT2D eigenvalue weighted by atomic mass is 10.2. The Balaban J connectivity index is 2.85. The maximum Gasteiger partial charge on any atom is 0.239 e. The van der Waals surface area contributed by atoms with Gasteiger partial charge in [-0.15, -0.1) is 0 Å². The van der Waals surface area contributed by atoms with Gasteiger partial charge in [-0.25, -0.2) is 0 Å². The highest BCUT2D eigenvalue weighted by molar-refractivity contribution is 9.10. The van der Waals surface area contributed by atoms with E-state index in [2.05, 4.69) is 21.2 Å². The topological polar surface area (TPSA) is 49.4 Å². The summed E-state index contributed by atoms with van der Waals surface area (Å²) < 4.78 is 0.816. The quantitative estimate of drug-likeness (QED) is 0.817. The van der Waals surface area contributed by atoms with Gasteiger partial charge in [-0.05, 0) is 54.9 Å². The first-order chi connectivity index (χ1) is 8.97. The second kappa shape index (κ2) is 7.28. The molecule has 104 valence electrons. The summed E-state index contributed by atoms with van der Waals surface area (Å²) in [5, 5.41) is 2.87. The second-order valence-corrected chi connectivity index (χ2v) is 5.42. The molecular formula is C14H19BrN2O2. The third kappa shape index (κ3) is 4.67. The molecule has 0 atom stereocenters. The fourth-order valence-corrected chi connectivity index (χ4v) is 2.41. The van der Waals surface area contributed by atoms with Crippen LogP contribution < -0.4 is 10.2 Å². The van der Waals surface area contributed by atoms with Crippen LogP contribution in [-0.4, -0.2) is 31.3 Å². The number of benzene rings is 1. The van der Waals surface area contributed by atoms with Crippen molar-refractivity contribution in [1.82, 2.24) is 5.32 Å². The predicted molar refractivity (Wildman–Crippen MR) is 80.7 cm³/mol. The number of amides is 1. The van der Waals surface area contributed by atoms with Crippen molar-refractivity contribution in [3.05, 3.63) is 28.2 Å². The molecule has 0 aliphatic heterocycles. The lowest BCUT2D eigenvalue weighted by Gasteiger charge is -2.24. The zero-order chi connectivity index (χ0) is 14.4. The average molecular weight is 327 g/mol. The van der Waals surface area contributed by atoms with E-state index >= 15 is 0 Å². The third-order valence-electron chi connectivity index (χ3n) is 2.61. The van der Waals surface area contributed by atoms with E-state index in [0.29, 0.717) is 18.7 Å². The van der Waals surface area contributed by atoms with Crippen LogP contribution in [0.3, 0.4) is 0 Å². The van der Waals surface area contributed by atoms with Crippen LogP contribution in [0, 0.1) is 0 Å². The van der Waals surface area contributed by atoms with Gasteiger partial charge in [-0.1, -0.05) is 0 Å². The molecule has 1 N–H and O–H groups in total. The molecule has 5 heteroatoms. The standard InChI is InChI=1S/C14H19BrN2O2/c1-4-17(8-14(19)16-10(2)3)13-6-5-11(9-18)7-12(13)15/h5-7,9-10H,4,8H2,1-3H3,(H,16,19). The molecule has 0 unspecified atom stereocenters. The molecular weight excluding hydrogens is 308 g/mol. The Morgan fingerprint density at radius 1 is 1.47 bits per heavy atom. The van der Waals surface area contributed by atoms with Crippen LogP contribution in [0.2, 0.25) is 0 Å². The normalized spacial score (nSPS) is 10.4. The van der Waals surface area contributed by atoms with Crippen molar-refractivity contribution in [2.45, 2.75) is 26.8 Å². The maximum absolute atomic E-state index is 11.8. The lowest BCUT2D eigenvalue weighted by molar-refractivity contribution is -0.120. The van der Waals surface area contributed by atoms with Crippen molar-refractivity contribution < 1.29 is 9.59 Å². The first-order valence-electron chi connectivity index (χ1n) is 6.27.